The van der Waals surface area contributed by atoms with E-state index in [-0.39, 0.29) is 0 Å². The lowest BCUT2D eigenvalue weighted by Gasteiger charge is -2.23. The third-order valence-corrected chi connectivity index (χ3v) is 3.61. The summed E-state index contributed by atoms with van der Waals surface area (Å²) in [7, 11) is 2.16. The molecule has 2 aromatic heterocycles. The Morgan fingerprint density at radius 3 is 3.00 bits per heavy atom. The van der Waals surface area contributed by atoms with E-state index in [1.165, 1.54) is 6.42 Å². The fourth-order valence-corrected chi connectivity index (χ4v) is 2.06. The van der Waals surface area contributed by atoms with E-state index in [2.05, 4.69) is 41.2 Å². The maximum atomic E-state index is 4.39. The van der Waals surface area contributed by atoms with Crippen LogP contribution in [0.15, 0.2) is 18.5 Å². The average Bonchev–Trinajstić information content (AvgIpc) is 2.78. The second-order valence-electron chi connectivity index (χ2n) is 5.06. The summed E-state index contributed by atoms with van der Waals surface area (Å²) in [4.78, 5) is 6.75. The third kappa shape index (κ3) is 3.23. The van der Waals surface area contributed by atoms with Crippen molar-refractivity contribution in [1.29, 1.82) is 0 Å². The van der Waals surface area contributed by atoms with Gasteiger partial charge in [-0.1, -0.05) is 6.92 Å². The lowest BCUT2D eigenvalue weighted by molar-refractivity contribution is 0.261. The van der Waals surface area contributed by atoms with Crippen LogP contribution < -0.4 is 5.32 Å². The first-order valence-electron chi connectivity index (χ1n) is 6.87. The molecule has 19 heavy (non-hydrogen) atoms. The van der Waals surface area contributed by atoms with E-state index in [9.17, 15) is 0 Å². The van der Waals surface area contributed by atoms with Crippen LogP contribution in [0.4, 0.5) is 5.82 Å². The van der Waals surface area contributed by atoms with Crippen molar-refractivity contribution in [2.75, 3.05) is 25.5 Å². The summed E-state index contributed by atoms with van der Waals surface area (Å²) in [5.41, 5.74) is 2.04. The largest absolute Gasteiger partial charge is 0.367 e. The Labute approximate surface area is 114 Å². The zero-order chi connectivity index (χ0) is 13.8. The summed E-state index contributed by atoms with van der Waals surface area (Å²) in [5.74, 6) is 0.903. The minimum absolute atomic E-state index is 0.614. The molecule has 0 spiro atoms. The molecule has 104 valence electrons. The summed E-state index contributed by atoms with van der Waals surface area (Å²) in [6.07, 6.45) is 4.82. The van der Waals surface area contributed by atoms with Crippen LogP contribution in [0.5, 0.6) is 0 Å². The highest BCUT2D eigenvalue weighted by Crippen LogP contribution is 2.14. The monoisotopic (exact) mass is 261 g/mol. The maximum Gasteiger partial charge on any atom is 0.152 e. The zero-order valence-corrected chi connectivity index (χ0v) is 12.2. The van der Waals surface area contributed by atoms with Gasteiger partial charge in [0.05, 0.1) is 5.69 Å². The number of nitrogens with one attached hydrogen (secondary N) is 1. The van der Waals surface area contributed by atoms with E-state index in [1.807, 2.05) is 23.7 Å². The van der Waals surface area contributed by atoms with Gasteiger partial charge in [0, 0.05) is 31.5 Å². The quantitative estimate of drug-likeness (QED) is 0.865. The molecular formula is C14H23N5. The van der Waals surface area contributed by atoms with Gasteiger partial charge in [-0.25, -0.2) is 9.50 Å². The van der Waals surface area contributed by atoms with Crippen LogP contribution in [0.3, 0.4) is 0 Å². The van der Waals surface area contributed by atoms with Gasteiger partial charge in [-0.3, -0.25) is 0 Å². The number of fused-ring (bicyclic) bond motifs is 1. The first-order valence-corrected chi connectivity index (χ1v) is 6.87. The lowest BCUT2D eigenvalue weighted by Crippen LogP contribution is -2.32. The molecule has 2 heterocycles. The molecule has 0 aliphatic heterocycles. The molecule has 0 amide bonds. The minimum Gasteiger partial charge on any atom is -0.367 e. The van der Waals surface area contributed by atoms with E-state index in [4.69, 9.17) is 0 Å². The lowest BCUT2D eigenvalue weighted by atomic mass is 10.2. The van der Waals surface area contributed by atoms with Crippen LogP contribution in [0.25, 0.3) is 5.52 Å². The second kappa shape index (κ2) is 6.02. The van der Waals surface area contributed by atoms with Crippen molar-refractivity contribution in [3.05, 3.63) is 24.2 Å². The normalized spacial score (nSPS) is 13.1. The molecule has 0 saturated carbocycles. The van der Waals surface area contributed by atoms with Gasteiger partial charge < -0.3 is 10.2 Å². The SMILES string of the molecule is CCC(C)N(C)CCNc1nccn2nc(C)cc12. The second-order valence-corrected chi connectivity index (χ2v) is 5.06. The molecule has 0 aromatic carbocycles. The first-order chi connectivity index (χ1) is 9.11. The van der Waals surface area contributed by atoms with Crippen LogP contribution in [0.1, 0.15) is 26.0 Å². The number of aryl methyl sites for hydroxylation is 1. The number of anilines is 1. The Kier molecular flexibility index (Phi) is 4.37. The number of likely N-dealkylation sites (N-methyl/N-ethyl adjacent to an activating group) is 1. The molecule has 0 fully saturated rings. The van der Waals surface area contributed by atoms with Crippen molar-refractivity contribution < 1.29 is 0 Å². The number of nitrogens with zero attached hydrogens (tertiary/aromatic N) is 4. The molecule has 0 radical (unpaired) electrons. The van der Waals surface area contributed by atoms with E-state index >= 15 is 0 Å². The molecule has 1 unspecified atom stereocenters. The average molecular weight is 261 g/mol. The van der Waals surface area contributed by atoms with Gasteiger partial charge in [-0.05, 0) is 33.4 Å². The van der Waals surface area contributed by atoms with Crippen LogP contribution in [-0.2, 0) is 0 Å². The molecule has 2 aromatic rings. The Bertz CT molecular complexity index is 534. The zero-order valence-electron chi connectivity index (χ0n) is 12.2. The standard InChI is InChI=1S/C14H23N5/c1-5-12(3)18(4)8-6-15-14-13-10-11(2)17-19(13)9-7-16-14/h7,9-10,12H,5-6,8H2,1-4H3,(H,15,16). The van der Waals surface area contributed by atoms with Crippen molar-refractivity contribution >= 4 is 11.3 Å². The Morgan fingerprint density at radius 1 is 1.47 bits per heavy atom. The van der Waals surface area contributed by atoms with Crippen LogP contribution in [0, 0.1) is 6.92 Å². The predicted octanol–water partition coefficient (Wildman–Crippen LogP) is 2.18. The van der Waals surface area contributed by atoms with Gasteiger partial charge in [-0.2, -0.15) is 5.10 Å². The van der Waals surface area contributed by atoms with E-state index < -0.39 is 0 Å². The number of aromatic nitrogens is 3. The number of rotatable bonds is 6. The number of hydrogen-bond donors (Lipinski definition) is 1. The summed E-state index contributed by atoms with van der Waals surface area (Å²) < 4.78 is 1.86. The molecule has 0 aliphatic rings. The summed E-state index contributed by atoms with van der Waals surface area (Å²) in [6, 6.07) is 2.66. The molecule has 0 saturated heterocycles. The molecule has 0 aliphatic carbocycles. The van der Waals surface area contributed by atoms with Gasteiger partial charge in [-0.15, -0.1) is 0 Å². The highest BCUT2D eigenvalue weighted by Gasteiger charge is 2.07. The Balaban J connectivity index is 1.98. The van der Waals surface area contributed by atoms with Crippen LogP contribution in [-0.4, -0.2) is 45.7 Å². The summed E-state index contributed by atoms with van der Waals surface area (Å²) in [5, 5.41) is 7.78. The molecule has 5 heteroatoms. The topological polar surface area (TPSA) is 45.5 Å². The van der Waals surface area contributed by atoms with E-state index in [0.29, 0.717) is 6.04 Å². The van der Waals surface area contributed by atoms with Gasteiger partial charge >= 0.3 is 0 Å². The van der Waals surface area contributed by atoms with Crippen molar-refractivity contribution in [3.63, 3.8) is 0 Å². The van der Waals surface area contributed by atoms with Crippen molar-refractivity contribution in [3.8, 4) is 0 Å². The molecule has 2 rings (SSSR count). The first kappa shape index (κ1) is 13.8. The third-order valence-electron chi connectivity index (χ3n) is 3.61. The molecule has 1 N–H and O–H groups in total. The molecule has 5 nitrogen and oxygen atoms in total. The van der Waals surface area contributed by atoms with Gasteiger partial charge in [0.25, 0.3) is 0 Å². The molecule has 1 atom stereocenters. The van der Waals surface area contributed by atoms with Crippen molar-refractivity contribution in [1.82, 2.24) is 19.5 Å². The number of hydrogen-bond acceptors (Lipinski definition) is 4. The van der Waals surface area contributed by atoms with Gasteiger partial charge in [0.2, 0.25) is 0 Å². The molecule has 0 bridgehead atoms. The Hall–Kier alpha value is -1.62. The van der Waals surface area contributed by atoms with Gasteiger partial charge in [0.15, 0.2) is 5.82 Å². The van der Waals surface area contributed by atoms with E-state index in [1.54, 1.807) is 6.20 Å². The maximum absolute atomic E-state index is 4.39. The van der Waals surface area contributed by atoms with Crippen LogP contribution in [0.2, 0.25) is 0 Å². The summed E-state index contributed by atoms with van der Waals surface area (Å²) >= 11 is 0. The van der Waals surface area contributed by atoms with Crippen molar-refractivity contribution in [2.24, 2.45) is 0 Å². The Morgan fingerprint density at radius 2 is 2.26 bits per heavy atom. The predicted molar refractivity (Wildman–Crippen MR) is 78.6 cm³/mol. The van der Waals surface area contributed by atoms with Crippen LogP contribution >= 0.6 is 0 Å². The van der Waals surface area contributed by atoms with Gasteiger partial charge in [0.1, 0.15) is 5.52 Å². The minimum atomic E-state index is 0.614. The highest BCUT2D eigenvalue weighted by molar-refractivity contribution is 5.67. The van der Waals surface area contributed by atoms with E-state index in [0.717, 1.165) is 30.1 Å². The van der Waals surface area contributed by atoms with Crippen molar-refractivity contribution in [2.45, 2.75) is 33.2 Å². The smallest absolute Gasteiger partial charge is 0.152 e. The highest BCUT2D eigenvalue weighted by atomic mass is 15.2. The fraction of sp³-hybridized carbons (Fsp3) is 0.571. The summed E-state index contributed by atoms with van der Waals surface area (Å²) in [6.45, 7) is 8.35. The fourth-order valence-electron chi connectivity index (χ4n) is 2.06. The molecular weight excluding hydrogens is 238 g/mol.